The van der Waals surface area contributed by atoms with E-state index in [-0.39, 0.29) is 17.5 Å². The first-order valence-corrected chi connectivity index (χ1v) is 14.3. The lowest BCUT2D eigenvalue weighted by atomic mass is 9.97. The predicted molar refractivity (Wildman–Crippen MR) is 131 cm³/mol. The van der Waals surface area contributed by atoms with E-state index < -0.39 is 10.0 Å². The molecule has 9 nitrogen and oxygen atoms in total. The van der Waals surface area contributed by atoms with Crippen LogP contribution in [0.4, 0.5) is 5.82 Å². The maximum Gasteiger partial charge on any atom is 0.263 e. The fourth-order valence-corrected chi connectivity index (χ4v) is 6.77. The van der Waals surface area contributed by atoms with Gasteiger partial charge >= 0.3 is 0 Å². The Morgan fingerprint density at radius 2 is 2.03 bits per heavy atom. The van der Waals surface area contributed by atoms with Crippen molar-refractivity contribution in [3.63, 3.8) is 0 Å². The van der Waals surface area contributed by atoms with Crippen LogP contribution in [0.3, 0.4) is 0 Å². The van der Waals surface area contributed by atoms with Crippen molar-refractivity contribution in [2.24, 2.45) is 0 Å². The van der Waals surface area contributed by atoms with Crippen LogP contribution in [0.25, 0.3) is 16.6 Å². The van der Waals surface area contributed by atoms with E-state index in [0.717, 1.165) is 49.3 Å². The molecule has 2 saturated heterocycles. The summed E-state index contributed by atoms with van der Waals surface area (Å²) >= 11 is 1.54. The smallest absolute Gasteiger partial charge is 0.263 e. The molecule has 0 amide bonds. The van der Waals surface area contributed by atoms with Crippen molar-refractivity contribution in [2.45, 2.75) is 50.5 Å². The van der Waals surface area contributed by atoms with Gasteiger partial charge in [-0.2, -0.15) is 0 Å². The Balaban J connectivity index is 1.49. The molecular formula is C22H30N6O3S2. The Morgan fingerprint density at radius 3 is 2.73 bits per heavy atom. The third kappa shape index (κ3) is 4.91. The number of aromatic nitrogens is 3. The highest BCUT2D eigenvalue weighted by Gasteiger charge is 2.29. The minimum Gasteiger partial charge on any atom is -0.365 e. The van der Waals surface area contributed by atoms with Gasteiger partial charge in [-0.05, 0) is 51.1 Å². The molecule has 1 atom stereocenters. The number of allylic oxidation sites excluding steroid dienone is 1. The molecular weight excluding hydrogens is 460 g/mol. The van der Waals surface area contributed by atoms with Crippen LogP contribution < -0.4 is 16.2 Å². The van der Waals surface area contributed by atoms with Crippen molar-refractivity contribution >= 4 is 33.3 Å². The van der Waals surface area contributed by atoms with Crippen molar-refractivity contribution in [3.8, 4) is 10.6 Å². The van der Waals surface area contributed by atoms with Crippen LogP contribution >= 0.6 is 11.3 Å². The van der Waals surface area contributed by atoms with Crippen LogP contribution in [-0.4, -0.2) is 66.2 Å². The lowest BCUT2D eigenvalue weighted by Gasteiger charge is -2.30. The zero-order valence-corrected chi connectivity index (χ0v) is 20.4. The van der Waals surface area contributed by atoms with E-state index in [4.69, 9.17) is 9.97 Å². The molecule has 0 saturated carbocycles. The summed E-state index contributed by atoms with van der Waals surface area (Å²) in [5.74, 6) is 1.23. The fourth-order valence-electron chi connectivity index (χ4n) is 4.81. The Kier molecular flexibility index (Phi) is 6.39. The molecule has 1 unspecified atom stereocenters. The number of fused-ring (bicyclic) bond motifs is 1. The summed E-state index contributed by atoms with van der Waals surface area (Å²) < 4.78 is 25.2. The van der Waals surface area contributed by atoms with E-state index in [1.165, 1.54) is 21.9 Å². The first-order chi connectivity index (χ1) is 15.9. The molecule has 5 rings (SSSR count). The summed E-state index contributed by atoms with van der Waals surface area (Å²) in [5.41, 5.74) is 1.36. The van der Waals surface area contributed by atoms with Crippen LogP contribution in [0.1, 0.15) is 54.4 Å². The maximum absolute atomic E-state index is 13.4. The molecule has 0 bridgehead atoms. The third-order valence-corrected chi connectivity index (χ3v) is 9.03. The summed E-state index contributed by atoms with van der Waals surface area (Å²) in [7, 11) is -3.20. The van der Waals surface area contributed by atoms with Crippen LogP contribution in [0.2, 0.25) is 0 Å². The van der Waals surface area contributed by atoms with E-state index in [1.54, 1.807) is 0 Å². The van der Waals surface area contributed by atoms with Crippen molar-refractivity contribution in [2.75, 3.05) is 37.8 Å². The number of hydrogen-bond acceptors (Lipinski definition) is 8. The van der Waals surface area contributed by atoms with Crippen molar-refractivity contribution < 1.29 is 8.42 Å². The number of sulfonamides is 1. The number of rotatable bonds is 5. The highest BCUT2D eigenvalue weighted by atomic mass is 32.2. The van der Waals surface area contributed by atoms with Crippen LogP contribution in [0.15, 0.2) is 10.9 Å². The van der Waals surface area contributed by atoms with E-state index in [2.05, 4.69) is 27.8 Å². The zero-order chi connectivity index (χ0) is 23.0. The average molecular weight is 491 g/mol. The minimum atomic E-state index is -3.20. The van der Waals surface area contributed by atoms with Gasteiger partial charge in [0.25, 0.3) is 5.56 Å². The van der Waals surface area contributed by atoms with Gasteiger partial charge in [0.1, 0.15) is 22.2 Å². The van der Waals surface area contributed by atoms with E-state index in [9.17, 15) is 13.2 Å². The molecule has 1 aliphatic carbocycles. The third-order valence-electron chi connectivity index (χ3n) is 6.64. The van der Waals surface area contributed by atoms with Crippen molar-refractivity contribution in [1.82, 2.24) is 24.6 Å². The maximum atomic E-state index is 13.4. The normalized spacial score (nSPS) is 22.3. The average Bonchev–Trinajstić information content (AvgIpc) is 3.22. The number of hydrogen-bond donors (Lipinski definition) is 3. The Morgan fingerprint density at radius 1 is 1.21 bits per heavy atom. The van der Waals surface area contributed by atoms with Gasteiger partial charge in [0.15, 0.2) is 0 Å². The number of nitrogens with one attached hydrogen (secondary N) is 3. The van der Waals surface area contributed by atoms with Gasteiger partial charge in [0.2, 0.25) is 10.0 Å². The summed E-state index contributed by atoms with van der Waals surface area (Å²) in [4.78, 5) is 27.2. The molecule has 0 radical (unpaired) electrons. The van der Waals surface area contributed by atoms with Crippen LogP contribution in [0.5, 0.6) is 0 Å². The van der Waals surface area contributed by atoms with Crippen molar-refractivity contribution in [1.29, 1.82) is 0 Å². The van der Waals surface area contributed by atoms with Gasteiger partial charge < -0.3 is 15.6 Å². The summed E-state index contributed by atoms with van der Waals surface area (Å²) in [6, 6.07) is 0.196. The Bertz CT molecular complexity index is 1210. The summed E-state index contributed by atoms with van der Waals surface area (Å²) in [5, 5.41) is 7.63. The number of aryl methyl sites for hydroxylation is 1. The molecule has 4 heterocycles. The van der Waals surface area contributed by atoms with E-state index >= 15 is 0 Å². The van der Waals surface area contributed by atoms with Gasteiger partial charge in [-0.25, -0.2) is 22.7 Å². The highest BCUT2D eigenvalue weighted by molar-refractivity contribution is 7.88. The van der Waals surface area contributed by atoms with Crippen LogP contribution in [0, 0.1) is 0 Å². The molecule has 2 aromatic heterocycles. The van der Waals surface area contributed by atoms with E-state index in [1.807, 2.05) is 0 Å². The number of nitrogens with zero attached hydrogens (tertiary/aromatic N) is 3. The number of H-pyrrole nitrogens is 1. The second-order valence-corrected chi connectivity index (χ2v) is 12.1. The molecule has 2 aliphatic heterocycles. The fraction of sp³-hybridized carbons (Fsp3) is 0.591. The summed E-state index contributed by atoms with van der Waals surface area (Å²) in [6.07, 6.45) is 10.7. The zero-order valence-electron chi connectivity index (χ0n) is 18.8. The molecule has 0 spiro atoms. The second kappa shape index (κ2) is 9.28. The molecule has 2 aromatic rings. The Labute approximate surface area is 197 Å². The molecule has 2 fully saturated rings. The first-order valence-electron chi connectivity index (χ1n) is 11.6. The van der Waals surface area contributed by atoms with E-state index in [0.29, 0.717) is 48.1 Å². The quantitative estimate of drug-likeness (QED) is 0.587. The topological polar surface area (TPSA) is 120 Å². The summed E-state index contributed by atoms with van der Waals surface area (Å²) in [6.45, 7) is 2.71. The minimum absolute atomic E-state index is 0.0159. The molecule has 33 heavy (non-hydrogen) atoms. The monoisotopic (exact) mass is 490 g/mol. The van der Waals surface area contributed by atoms with Gasteiger partial charge in [0.05, 0.1) is 16.8 Å². The van der Waals surface area contributed by atoms with Crippen molar-refractivity contribution in [3.05, 3.63) is 32.8 Å². The van der Waals surface area contributed by atoms with Gasteiger partial charge in [-0.15, -0.1) is 11.3 Å². The number of aromatic amines is 1. The van der Waals surface area contributed by atoms with Gasteiger partial charge in [-0.3, -0.25) is 4.79 Å². The predicted octanol–water partition coefficient (Wildman–Crippen LogP) is 2.16. The lowest BCUT2D eigenvalue weighted by Crippen LogP contribution is -2.39. The van der Waals surface area contributed by atoms with Gasteiger partial charge in [0, 0.05) is 31.6 Å². The molecule has 0 aromatic carbocycles. The molecule has 3 aliphatic rings. The Hall–Kier alpha value is -2.08. The molecule has 178 valence electrons. The van der Waals surface area contributed by atoms with Gasteiger partial charge in [-0.1, -0.05) is 6.08 Å². The number of thiazole rings is 1. The molecule has 11 heteroatoms. The largest absolute Gasteiger partial charge is 0.365 e. The standard InChI is InChI=1S/C22H30N6O3S2/c1-33(30,31)28-11-8-14(9-12-28)19-26-20(24-15-5-4-10-23-13-15)18(21(29)27-19)22-25-16-6-2-3-7-17(16)32-22/h3,7,14-15,23H,2,4-6,8-13H2,1H3,(H2,24,26,27,29). The lowest BCUT2D eigenvalue weighted by molar-refractivity contribution is 0.315. The highest BCUT2D eigenvalue weighted by Crippen LogP contribution is 2.35. The molecule has 3 N–H and O–H groups in total. The SMILES string of the molecule is CS(=O)(=O)N1CCC(c2nc(NC3CCCNC3)c(-c3nc4c(s3)C=CCC4)c(=O)[nH]2)CC1. The second-order valence-electron chi connectivity index (χ2n) is 9.07. The van der Waals surface area contributed by atoms with Crippen LogP contribution in [-0.2, 0) is 16.4 Å². The number of anilines is 1. The first kappa shape index (κ1) is 22.7. The number of piperidine rings is 2.